The van der Waals surface area contributed by atoms with Crippen molar-refractivity contribution in [2.75, 3.05) is 13.1 Å². The van der Waals surface area contributed by atoms with E-state index < -0.39 is 0 Å². The standard InChI is InChI=1S/C16H23N3OS/c1-11-5-3-7-19(14(11)9-17)10-13-12(2)20-16(18-13)15-6-4-8-21-15/h4,6,8,11,14H,3,5,7,9-10,17H2,1-2H3. The molecular weight excluding hydrogens is 282 g/mol. The van der Waals surface area contributed by atoms with Gasteiger partial charge in [-0.1, -0.05) is 13.0 Å². The third-order valence-corrected chi connectivity index (χ3v) is 5.31. The van der Waals surface area contributed by atoms with Crippen molar-refractivity contribution in [2.45, 2.75) is 39.3 Å². The van der Waals surface area contributed by atoms with Crippen molar-refractivity contribution in [3.8, 4) is 10.8 Å². The molecule has 0 aliphatic carbocycles. The van der Waals surface area contributed by atoms with Crippen LogP contribution in [0.2, 0.25) is 0 Å². The van der Waals surface area contributed by atoms with Crippen LogP contribution in [0, 0.1) is 12.8 Å². The molecule has 2 aromatic heterocycles. The first-order valence-electron chi connectivity index (χ1n) is 7.63. The first kappa shape index (κ1) is 14.8. The van der Waals surface area contributed by atoms with Gasteiger partial charge in [0.25, 0.3) is 0 Å². The average Bonchev–Trinajstić information content (AvgIpc) is 3.10. The monoisotopic (exact) mass is 305 g/mol. The number of hydrogen-bond acceptors (Lipinski definition) is 5. The smallest absolute Gasteiger partial charge is 0.236 e. The molecule has 2 aromatic rings. The molecule has 0 bridgehead atoms. The first-order valence-corrected chi connectivity index (χ1v) is 8.51. The van der Waals surface area contributed by atoms with Crippen molar-refractivity contribution in [3.05, 3.63) is 29.0 Å². The predicted molar refractivity (Wildman–Crippen MR) is 86.2 cm³/mol. The molecular formula is C16H23N3OS. The third kappa shape index (κ3) is 3.05. The molecule has 114 valence electrons. The molecule has 3 heterocycles. The molecule has 1 aliphatic rings. The van der Waals surface area contributed by atoms with Crippen LogP contribution in [0.25, 0.3) is 10.8 Å². The summed E-state index contributed by atoms with van der Waals surface area (Å²) >= 11 is 1.66. The van der Waals surface area contributed by atoms with E-state index in [1.165, 1.54) is 12.8 Å². The van der Waals surface area contributed by atoms with E-state index in [2.05, 4.69) is 11.8 Å². The number of oxazole rings is 1. The molecule has 21 heavy (non-hydrogen) atoms. The highest BCUT2D eigenvalue weighted by Gasteiger charge is 2.28. The van der Waals surface area contributed by atoms with Gasteiger partial charge in [-0.2, -0.15) is 0 Å². The van der Waals surface area contributed by atoms with Gasteiger partial charge in [0.15, 0.2) is 0 Å². The van der Waals surface area contributed by atoms with Crippen LogP contribution >= 0.6 is 11.3 Å². The Morgan fingerprint density at radius 2 is 2.38 bits per heavy atom. The molecule has 1 aliphatic heterocycles. The van der Waals surface area contributed by atoms with E-state index >= 15 is 0 Å². The number of nitrogens with zero attached hydrogens (tertiary/aromatic N) is 2. The minimum Gasteiger partial charge on any atom is -0.440 e. The second kappa shape index (κ2) is 6.30. The lowest BCUT2D eigenvalue weighted by Gasteiger charge is -2.39. The van der Waals surface area contributed by atoms with Crippen molar-refractivity contribution >= 4 is 11.3 Å². The number of likely N-dealkylation sites (tertiary alicyclic amines) is 1. The van der Waals surface area contributed by atoms with Gasteiger partial charge in [-0.05, 0) is 43.7 Å². The predicted octanol–water partition coefficient (Wildman–Crippen LogP) is 3.27. The summed E-state index contributed by atoms with van der Waals surface area (Å²) < 4.78 is 5.84. The van der Waals surface area contributed by atoms with Crippen LogP contribution < -0.4 is 5.73 Å². The van der Waals surface area contributed by atoms with E-state index in [1.54, 1.807) is 11.3 Å². The molecule has 0 aromatic carbocycles. The molecule has 2 unspecified atom stereocenters. The Morgan fingerprint density at radius 1 is 1.52 bits per heavy atom. The van der Waals surface area contributed by atoms with Gasteiger partial charge in [-0.15, -0.1) is 11.3 Å². The van der Waals surface area contributed by atoms with Crippen molar-refractivity contribution in [1.29, 1.82) is 0 Å². The number of rotatable bonds is 4. The number of hydrogen-bond donors (Lipinski definition) is 1. The largest absolute Gasteiger partial charge is 0.440 e. The molecule has 0 spiro atoms. The highest BCUT2D eigenvalue weighted by molar-refractivity contribution is 7.13. The summed E-state index contributed by atoms with van der Waals surface area (Å²) in [5.41, 5.74) is 7.02. The fraction of sp³-hybridized carbons (Fsp3) is 0.562. The summed E-state index contributed by atoms with van der Waals surface area (Å²) in [6.07, 6.45) is 2.52. The van der Waals surface area contributed by atoms with Gasteiger partial charge in [-0.25, -0.2) is 4.98 Å². The van der Waals surface area contributed by atoms with Gasteiger partial charge in [0.05, 0.1) is 10.6 Å². The van der Waals surface area contributed by atoms with Gasteiger partial charge < -0.3 is 10.2 Å². The van der Waals surface area contributed by atoms with Crippen LogP contribution in [0.15, 0.2) is 21.9 Å². The van der Waals surface area contributed by atoms with Gasteiger partial charge in [0.2, 0.25) is 5.89 Å². The minimum absolute atomic E-state index is 0.458. The SMILES string of the molecule is Cc1oc(-c2cccs2)nc1CN1CCCC(C)C1CN. The van der Waals surface area contributed by atoms with Crippen LogP contribution in [0.5, 0.6) is 0 Å². The second-order valence-electron chi connectivity index (χ2n) is 5.89. The number of piperidine rings is 1. The average molecular weight is 305 g/mol. The van der Waals surface area contributed by atoms with Crippen molar-refractivity contribution in [3.63, 3.8) is 0 Å². The van der Waals surface area contributed by atoms with Crippen LogP contribution in [0.3, 0.4) is 0 Å². The molecule has 2 N–H and O–H groups in total. The second-order valence-corrected chi connectivity index (χ2v) is 6.84. The number of thiophene rings is 1. The van der Waals surface area contributed by atoms with E-state index in [4.69, 9.17) is 15.1 Å². The highest BCUT2D eigenvalue weighted by atomic mass is 32.1. The Balaban J connectivity index is 1.78. The summed E-state index contributed by atoms with van der Waals surface area (Å²) in [5.74, 6) is 2.33. The summed E-state index contributed by atoms with van der Waals surface area (Å²) in [5, 5.41) is 2.05. The summed E-state index contributed by atoms with van der Waals surface area (Å²) in [6, 6.07) is 4.53. The topological polar surface area (TPSA) is 55.3 Å². The zero-order chi connectivity index (χ0) is 14.8. The highest BCUT2D eigenvalue weighted by Crippen LogP contribution is 2.28. The van der Waals surface area contributed by atoms with E-state index in [0.29, 0.717) is 12.0 Å². The zero-order valence-corrected chi connectivity index (χ0v) is 13.5. The summed E-state index contributed by atoms with van der Waals surface area (Å²) in [6.45, 7) is 6.97. The number of nitrogens with two attached hydrogens (primary N) is 1. The first-order chi connectivity index (χ1) is 10.2. The molecule has 0 saturated carbocycles. The van der Waals surface area contributed by atoms with Crippen LogP contribution in [-0.4, -0.2) is 29.0 Å². The molecule has 2 atom stereocenters. The Bertz CT molecular complexity index is 578. The maximum absolute atomic E-state index is 5.97. The number of aromatic nitrogens is 1. The number of aryl methyl sites for hydroxylation is 1. The Morgan fingerprint density at radius 3 is 3.10 bits per heavy atom. The molecule has 5 heteroatoms. The molecule has 4 nitrogen and oxygen atoms in total. The minimum atomic E-state index is 0.458. The third-order valence-electron chi connectivity index (χ3n) is 4.45. The van der Waals surface area contributed by atoms with Crippen molar-refractivity contribution in [2.24, 2.45) is 11.7 Å². The van der Waals surface area contributed by atoms with Crippen LogP contribution in [0.1, 0.15) is 31.2 Å². The van der Waals surface area contributed by atoms with Crippen LogP contribution in [-0.2, 0) is 6.54 Å². The van der Waals surface area contributed by atoms with Gasteiger partial charge in [-0.3, -0.25) is 4.90 Å². The zero-order valence-electron chi connectivity index (χ0n) is 12.7. The maximum Gasteiger partial charge on any atom is 0.236 e. The molecule has 1 saturated heterocycles. The molecule has 0 amide bonds. The fourth-order valence-corrected chi connectivity index (χ4v) is 3.83. The van der Waals surface area contributed by atoms with E-state index in [1.807, 2.05) is 24.4 Å². The molecule has 1 fully saturated rings. The molecule has 0 radical (unpaired) electrons. The Labute approximate surface area is 130 Å². The molecule has 3 rings (SSSR count). The summed E-state index contributed by atoms with van der Waals surface area (Å²) in [7, 11) is 0. The Hall–Kier alpha value is -1.17. The summed E-state index contributed by atoms with van der Waals surface area (Å²) in [4.78, 5) is 8.26. The van der Waals surface area contributed by atoms with Crippen molar-refractivity contribution in [1.82, 2.24) is 9.88 Å². The van der Waals surface area contributed by atoms with Gasteiger partial charge in [0, 0.05) is 19.1 Å². The van der Waals surface area contributed by atoms with Gasteiger partial charge >= 0.3 is 0 Å². The normalized spacial score (nSPS) is 23.6. The lowest BCUT2D eigenvalue weighted by Crippen LogP contribution is -2.48. The van der Waals surface area contributed by atoms with E-state index in [9.17, 15) is 0 Å². The maximum atomic E-state index is 5.97. The lowest BCUT2D eigenvalue weighted by atomic mass is 9.90. The van der Waals surface area contributed by atoms with Gasteiger partial charge in [0.1, 0.15) is 5.76 Å². The Kier molecular flexibility index (Phi) is 4.42. The van der Waals surface area contributed by atoms with Crippen molar-refractivity contribution < 1.29 is 4.42 Å². The van der Waals surface area contributed by atoms with E-state index in [0.717, 1.165) is 41.9 Å². The quantitative estimate of drug-likeness (QED) is 0.942. The lowest BCUT2D eigenvalue weighted by molar-refractivity contribution is 0.0975. The fourth-order valence-electron chi connectivity index (χ4n) is 3.18. The van der Waals surface area contributed by atoms with E-state index in [-0.39, 0.29) is 0 Å². The van der Waals surface area contributed by atoms with Crippen LogP contribution in [0.4, 0.5) is 0 Å².